The van der Waals surface area contributed by atoms with Gasteiger partial charge in [0, 0.05) is 10.6 Å². The van der Waals surface area contributed by atoms with Crippen molar-refractivity contribution in [2.45, 2.75) is 6.92 Å². The molecular formula is C18H13Cl2N5O2S. The minimum Gasteiger partial charge on any atom is -0.494 e. The Hall–Kier alpha value is -2.68. The number of nitrogens with one attached hydrogen (secondary N) is 1. The number of hydrogen-bond acceptors (Lipinski definition) is 6. The highest BCUT2D eigenvalue weighted by molar-refractivity contribution is 7.19. The van der Waals surface area contributed by atoms with Crippen molar-refractivity contribution in [3.05, 3.63) is 57.8 Å². The number of para-hydroxylation sites is 1. The number of rotatable bonds is 4. The molecule has 0 aliphatic rings. The van der Waals surface area contributed by atoms with E-state index in [2.05, 4.69) is 20.6 Å². The molecule has 1 N–H and O–H groups in total. The number of fused-ring (bicyclic) bond motifs is 1. The molecule has 0 fully saturated rings. The average Bonchev–Trinajstić information content (AvgIpc) is 3.24. The van der Waals surface area contributed by atoms with Crippen LogP contribution < -0.4 is 10.1 Å². The first-order valence-corrected chi connectivity index (χ1v) is 9.68. The molecule has 10 heteroatoms. The van der Waals surface area contributed by atoms with Gasteiger partial charge >= 0.3 is 0 Å². The maximum Gasteiger partial charge on any atom is 0.259 e. The van der Waals surface area contributed by atoms with Gasteiger partial charge in [-0.05, 0) is 31.2 Å². The minimum absolute atomic E-state index is 0.240. The first-order chi connectivity index (χ1) is 13.5. The van der Waals surface area contributed by atoms with Crippen molar-refractivity contribution in [3.63, 3.8) is 0 Å². The Labute approximate surface area is 173 Å². The summed E-state index contributed by atoms with van der Waals surface area (Å²) in [6.07, 6.45) is 0. The van der Waals surface area contributed by atoms with Crippen LogP contribution in [0, 0.1) is 6.92 Å². The molecule has 142 valence electrons. The third-order valence-electron chi connectivity index (χ3n) is 4.01. The second-order valence-corrected chi connectivity index (χ2v) is 7.62. The normalized spacial score (nSPS) is 11.0. The van der Waals surface area contributed by atoms with Crippen molar-refractivity contribution < 1.29 is 9.53 Å². The number of hydrogen-bond donors (Lipinski definition) is 1. The fourth-order valence-electron chi connectivity index (χ4n) is 2.73. The summed E-state index contributed by atoms with van der Waals surface area (Å²) in [5, 5.41) is 16.8. The lowest BCUT2D eigenvalue weighted by atomic mass is 10.1. The molecule has 0 spiro atoms. The molecule has 4 rings (SSSR count). The molecule has 0 aliphatic heterocycles. The van der Waals surface area contributed by atoms with Crippen LogP contribution in [0.15, 0.2) is 36.4 Å². The second kappa shape index (κ2) is 7.38. The predicted octanol–water partition coefficient (Wildman–Crippen LogP) is 4.73. The predicted molar refractivity (Wildman–Crippen MR) is 110 cm³/mol. The van der Waals surface area contributed by atoms with E-state index in [0.717, 1.165) is 5.56 Å². The highest BCUT2D eigenvalue weighted by atomic mass is 35.5. The SMILES string of the molecule is COc1c(Cl)cc(Cl)cc1C(=O)Nc1ccccc1-c1nn2c(C)nnc2s1. The topological polar surface area (TPSA) is 81.4 Å². The van der Waals surface area contributed by atoms with Crippen LogP contribution in [0.25, 0.3) is 15.5 Å². The van der Waals surface area contributed by atoms with E-state index in [0.29, 0.717) is 26.5 Å². The fourth-order valence-corrected chi connectivity index (χ4v) is 4.22. The van der Waals surface area contributed by atoms with Crippen molar-refractivity contribution in [1.82, 2.24) is 19.8 Å². The van der Waals surface area contributed by atoms with Crippen molar-refractivity contribution in [1.29, 1.82) is 0 Å². The standard InChI is InChI=1S/C18H13Cl2N5O2S/c1-9-22-23-18-25(9)24-17(28-18)11-5-3-4-6-14(11)21-16(26)12-7-10(19)8-13(20)15(12)27-2/h3-8H,1-2H3,(H,21,26). The Morgan fingerprint density at radius 3 is 2.75 bits per heavy atom. The number of aryl methyl sites for hydroxylation is 1. The van der Waals surface area contributed by atoms with E-state index >= 15 is 0 Å². The van der Waals surface area contributed by atoms with Gasteiger partial charge in [-0.3, -0.25) is 4.79 Å². The molecule has 0 radical (unpaired) electrons. The Balaban J connectivity index is 1.73. The van der Waals surface area contributed by atoms with Gasteiger partial charge in [0.2, 0.25) is 4.96 Å². The minimum atomic E-state index is -0.395. The number of benzene rings is 2. The summed E-state index contributed by atoms with van der Waals surface area (Å²) in [6, 6.07) is 10.4. The van der Waals surface area contributed by atoms with Gasteiger partial charge in [0.05, 0.1) is 23.4 Å². The Morgan fingerprint density at radius 1 is 1.21 bits per heavy atom. The molecule has 0 unspecified atom stereocenters. The maximum atomic E-state index is 12.9. The van der Waals surface area contributed by atoms with Crippen LogP contribution in [0.5, 0.6) is 5.75 Å². The molecule has 0 saturated heterocycles. The quantitative estimate of drug-likeness (QED) is 0.502. The van der Waals surface area contributed by atoms with E-state index in [-0.39, 0.29) is 16.3 Å². The molecule has 0 aliphatic carbocycles. The molecule has 1 amide bonds. The molecule has 2 heterocycles. The summed E-state index contributed by atoms with van der Waals surface area (Å²) in [5.74, 6) is 0.556. The van der Waals surface area contributed by atoms with Gasteiger partial charge in [0.25, 0.3) is 5.91 Å². The van der Waals surface area contributed by atoms with Gasteiger partial charge in [0.15, 0.2) is 5.82 Å². The molecule has 4 aromatic rings. The molecule has 0 bridgehead atoms. The largest absolute Gasteiger partial charge is 0.494 e. The Kier molecular flexibility index (Phi) is 4.92. The third-order valence-corrected chi connectivity index (χ3v) is 5.44. The van der Waals surface area contributed by atoms with Crippen molar-refractivity contribution in [2.75, 3.05) is 12.4 Å². The fraction of sp³-hybridized carbons (Fsp3) is 0.111. The van der Waals surface area contributed by atoms with Gasteiger partial charge in [0.1, 0.15) is 10.8 Å². The number of aromatic nitrogens is 4. The zero-order valence-electron chi connectivity index (χ0n) is 14.7. The van der Waals surface area contributed by atoms with Gasteiger partial charge in [-0.2, -0.15) is 9.61 Å². The zero-order chi connectivity index (χ0) is 19.8. The summed E-state index contributed by atoms with van der Waals surface area (Å²) in [6.45, 7) is 1.83. The van der Waals surface area contributed by atoms with Crippen molar-refractivity contribution in [2.24, 2.45) is 0 Å². The lowest BCUT2D eigenvalue weighted by molar-refractivity contribution is 0.102. The van der Waals surface area contributed by atoms with E-state index in [4.69, 9.17) is 27.9 Å². The van der Waals surface area contributed by atoms with E-state index in [1.807, 2.05) is 25.1 Å². The lowest BCUT2D eigenvalue weighted by Crippen LogP contribution is -2.14. The highest BCUT2D eigenvalue weighted by Gasteiger charge is 2.19. The second-order valence-electron chi connectivity index (χ2n) is 5.82. The number of amides is 1. The van der Waals surface area contributed by atoms with Crippen LogP contribution in [0.1, 0.15) is 16.2 Å². The molecular weight excluding hydrogens is 421 g/mol. The molecule has 2 aromatic carbocycles. The van der Waals surface area contributed by atoms with Crippen molar-refractivity contribution >= 4 is 51.1 Å². The first kappa shape index (κ1) is 18.7. The molecule has 28 heavy (non-hydrogen) atoms. The Morgan fingerprint density at radius 2 is 2.00 bits per heavy atom. The maximum absolute atomic E-state index is 12.9. The number of anilines is 1. The van der Waals surface area contributed by atoms with Gasteiger partial charge < -0.3 is 10.1 Å². The van der Waals surface area contributed by atoms with E-state index in [9.17, 15) is 4.79 Å². The number of methoxy groups -OCH3 is 1. The number of ether oxygens (including phenoxy) is 1. The zero-order valence-corrected chi connectivity index (χ0v) is 17.1. The number of halogens is 2. The van der Waals surface area contributed by atoms with E-state index < -0.39 is 5.91 Å². The number of nitrogens with zero attached hydrogens (tertiary/aromatic N) is 4. The van der Waals surface area contributed by atoms with Gasteiger partial charge in [-0.1, -0.05) is 46.7 Å². The molecule has 2 aromatic heterocycles. The van der Waals surface area contributed by atoms with Crippen molar-refractivity contribution in [3.8, 4) is 16.3 Å². The lowest BCUT2D eigenvalue weighted by Gasteiger charge is -2.13. The van der Waals surface area contributed by atoms with Gasteiger partial charge in [-0.15, -0.1) is 10.2 Å². The molecule has 7 nitrogen and oxygen atoms in total. The van der Waals surface area contributed by atoms with Crippen LogP contribution in [0.4, 0.5) is 5.69 Å². The summed E-state index contributed by atoms with van der Waals surface area (Å²) in [4.78, 5) is 13.6. The third kappa shape index (κ3) is 3.30. The smallest absolute Gasteiger partial charge is 0.259 e. The molecule has 0 atom stereocenters. The van der Waals surface area contributed by atoms with Crippen LogP contribution in [0.3, 0.4) is 0 Å². The number of carbonyl (C=O) groups is 1. The highest BCUT2D eigenvalue weighted by Crippen LogP contribution is 2.35. The van der Waals surface area contributed by atoms with Crippen LogP contribution in [-0.4, -0.2) is 32.8 Å². The summed E-state index contributed by atoms with van der Waals surface area (Å²) in [5.41, 5.74) is 1.59. The number of carbonyl (C=O) groups excluding carboxylic acids is 1. The Bertz CT molecular complexity index is 1200. The molecule has 0 saturated carbocycles. The summed E-state index contributed by atoms with van der Waals surface area (Å²) in [7, 11) is 1.45. The van der Waals surface area contributed by atoms with Crippen LogP contribution in [0.2, 0.25) is 10.0 Å². The van der Waals surface area contributed by atoms with Crippen LogP contribution >= 0.6 is 34.5 Å². The van der Waals surface area contributed by atoms with E-state index in [1.165, 1.54) is 30.6 Å². The first-order valence-electron chi connectivity index (χ1n) is 8.10. The van der Waals surface area contributed by atoms with E-state index in [1.54, 1.807) is 10.6 Å². The summed E-state index contributed by atoms with van der Waals surface area (Å²) >= 11 is 13.6. The summed E-state index contributed by atoms with van der Waals surface area (Å²) < 4.78 is 6.93. The monoisotopic (exact) mass is 433 g/mol. The van der Waals surface area contributed by atoms with Crippen LogP contribution in [-0.2, 0) is 0 Å². The average molecular weight is 434 g/mol. The van der Waals surface area contributed by atoms with Gasteiger partial charge in [-0.25, -0.2) is 0 Å².